The number of hydrogen-bond donors (Lipinski definition) is 1. The van der Waals surface area contributed by atoms with E-state index in [1.54, 1.807) is 41.0 Å². The lowest BCUT2D eigenvalue weighted by atomic mass is 10.2. The number of aromatic nitrogens is 1. The average Bonchev–Trinajstić information content (AvgIpc) is 3.37. The number of thiophene rings is 1. The molecule has 0 atom stereocenters. The van der Waals surface area contributed by atoms with Crippen LogP contribution >= 0.6 is 22.7 Å². The van der Waals surface area contributed by atoms with Crippen LogP contribution in [-0.2, 0) is 25.5 Å². The molecular weight excluding hydrogens is 398 g/mol. The van der Waals surface area contributed by atoms with E-state index >= 15 is 0 Å². The second-order valence-electron chi connectivity index (χ2n) is 6.04. The van der Waals surface area contributed by atoms with Crippen LogP contribution in [0, 0.1) is 0 Å². The molecule has 0 saturated carbocycles. The van der Waals surface area contributed by atoms with Gasteiger partial charge in [0.2, 0.25) is 5.91 Å². The number of rotatable bonds is 5. The molecule has 2 amide bonds. The zero-order chi connectivity index (χ0) is 19.5. The Morgan fingerprint density at radius 2 is 2.07 bits per heavy atom. The van der Waals surface area contributed by atoms with Gasteiger partial charge in [-0.15, -0.1) is 11.3 Å². The highest BCUT2D eigenvalue weighted by Gasteiger charge is 2.27. The van der Waals surface area contributed by atoms with Gasteiger partial charge in [-0.3, -0.25) is 19.3 Å². The molecule has 0 bridgehead atoms. The van der Waals surface area contributed by atoms with Gasteiger partial charge in [0.15, 0.2) is 6.61 Å². The monoisotopic (exact) mass is 413 g/mol. The first-order chi connectivity index (χ1) is 13.6. The predicted molar refractivity (Wildman–Crippen MR) is 108 cm³/mol. The Balaban J connectivity index is 1.35. The molecule has 9 heteroatoms. The van der Waals surface area contributed by atoms with E-state index in [1.165, 1.54) is 16.2 Å². The van der Waals surface area contributed by atoms with Crippen molar-refractivity contribution in [2.24, 2.45) is 0 Å². The average molecular weight is 413 g/mol. The summed E-state index contributed by atoms with van der Waals surface area (Å²) in [5, 5.41) is 9.32. The van der Waals surface area contributed by atoms with Gasteiger partial charge in [0.1, 0.15) is 11.6 Å². The van der Waals surface area contributed by atoms with Gasteiger partial charge in [-0.1, -0.05) is 12.1 Å². The Kier molecular flexibility index (Phi) is 5.18. The fraction of sp³-hybridized carbons (Fsp3) is 0.158. The van der Waals surface area contributed by atoms with E-state index in [1.807, 2.05) is 16.8 Å². The van der Waals surface area contributed by atoms with E-state index in [0.717, 1.165) is 10.6 Å². The lowest BCUT2D eigenvalue weighted by molar-refractivity contribution is -0.147. The molecule has 0 aliphatic carbocycles. The van der Waals surface area contributed by atoms with Crippen LogP contribution in [0.3, 0.4) is 0 Å². The van der Waals surface area contributed by atoms with Crippen LogP contribution in [0.1, 0.15) is 5.69 Å². The molecular formula is C19H15N3O4S2. The van der Waals surface area contributed by atoms with E-state index in [-0.39, 0.29) is 18.9 Å². The van der Waals surface area contributed by atoms with E-state index in [4.69, 9.17) is 4.74 Å². The largest absolute Gasteiger partial charge is 0.455 e. The molecule has 4 rings (SSSR count). The number of para-hydroxylation sites is 2. The fourth-order valence-corrected chi connectivity index (χ4v) is 4.31. The minimum absolute atomic E-state index is 0.00894. The number of esters is 1. The molecule has 28 heavy (non-hydrogen) atoms. The molecule has 7 nitrogen and oxygen atoms in total. The fourth-order valence-electron chi connectivity index (χ4n) is 2.78. The third-order valence-electron chi connectivity index (χ3n) is 4.07. The van der Waals surface area contributed by atoms with Crippen LogP contribution in [0.15, 0.2) is 46.5 Å². The normalized spacial score (nSPS) is 13.0. The smallest absolute Gasteiger partial charge is 0.312 e. The van der Waals surface area contributed by atoms with Crippen molar-refractivity contribution >= 4 is 51.8 Å². The van der Waals surface area contributed by atoms with E-state index < -0.39 is 18.5 Å². The van der Waals surface area contributed by atoms with Crippen molar-refractivity contribution in [2.75, 3.05) is 23.4 Å². The van der Waals surface area contributed by atoms with Gasteiger partial charge in [-0.25, -0.2) is 4.98 Å². The number of anilines is 2. The van der Waals surface area contributed by atoms with Gasteiger partial charge in [-0.05, 0) is 23.6 Å². The lowest BCUT2D eigenvalue weighted by Crippen LogP contribution is -2.44. The minimum atomic E-state index is -0.537. The van der Waals surface area contributed by atoms with Crippen molar-refractivity contribution in [1.82, 2.24) is 4.98 Å². The molecule has 1 aromatic carbocycles. The van der Waals surface area contributed by atoms with Crippen molar-refractivity contribution in [2.45, 2.75) is 6.42 Å². The first-order valence-corrected chi connectivity index (χ1v) is 10.2. The highest BCUT2D eigenvalue weighted by atomic mass is 32.1. The van der Waals surface area contributed by atoms with Gasteiger partial charge in [0, 0.05) is 16.3 Å². The molecule has 1 aliphatic rings. The van der Waals surface area contributed by atoms with E-state index in [9.17, 15) is 14.4 Å². The minimum Gasteiger partial charge on any atom is -0.455 e. The topological polar surface area (TPSA) is 88.6 Å². The second kappa shape index (κ2) is 7.91. The molecule has 0 spiro atoms. The number of nitrogens with one attached hydrogen (secondary N) is 1. The van der Waals surface area contributed by atoms with Crippen molar-refractivity contribution < 1.29 is 19.1 Å². The summed E-state index contributed by atoms with van der Waals surface area (Å²) in [6.07, 6.45) is -0.00894. The third kappa shape index (κ3) is 3.95. The maximum atomic E-state index is 12.5. The summed E-state index contributed by atoms with van der Waals surface area (Å²) in [5.74, 6) is -1.28. The van der Waals surface area contributed by atoms with Gasteiger partial charge < -0.3 is 10.1 Å². The van der Waals surface area contributed by atoms with Crippen molar-refractivity contribution in [3.63, 3.8) is 0 Å². The van der Waals surface area contributed by atoms with Crippen molar-refractivity contribution in [1.29, 1.82) is 0 Å². The SMILES string of the molecule is O=C1CN(C(=O)COC(=O)Cc2csc(-c3ccsc3)n2)c2ccccc2N1. The summed E-state index contributed by atoms with van der Waals surface area (Å²) in [7, 11) is 0. The maximum Gasteiger partial charge on any atom is 0.312 e. The van der Waals surface area contributed by atoms with Crippen LogP contribution in [0.4, 0.5) is 11.4 Å². The summed E-state index contributed by atoms with van der Waals surface area (Å²) >= 11 is 3.04. The van der Waals surface area contributed by atoms with Crippen LogP contribution in [0.2, 0.25) is 0 Å². The van der Waals surface area contributed by atoms with Gasteiger partial charge in [-0.2, -0.15) is 11.3 Å². The van der Waals surface area contributed by atoms with Crippen molar-refractivity contribution in [3.05, 3.63) is 52.2 Å². The molecule has 0 radical (unpaired) electrons. The van der Waals surface area contributed by atoms with E-state index in [2.05, 4.69) is 10.3 Å². The van der Waals surface area contributed by atoms with Crippen LogP contribution in [-0.4, -0.2) is 35.9 Å². The Morgan fingerprint density at radius 1 is 1.21 bits per heavy atom. The summed E-state index contributed by atoms with van der Waals surface area (Å²) in [5.41, 5.74) is 2.77. The highest BCUT2D eigenvalue weighted by molar-refractivity contribution is 7.14. The molecule has 0 fully saturated rings. The third-order valence-corrected chi connectivity index (χ3v) is 5.70. The molecule has 0 unspecified atom stereocenters. The molecule has 142 valence electrons. The van der Waals surface area contributed by atoms with Gasteiger partial charge in [0.25, 0.3) is 5.91 Å². The van der Waals surface area contributed by atoms with Crippen molar-refractivity contribution in [3.8, 4) is 10.6 Å². The second-order valence-corrected chi connectivity index (χ2v) is 7.68. The number of hydrogen-bond acceptors (Lipinski definition) is 7. The van der Waals surface area contributed by atoms with Crippen LogP contribution in [0.25, 0.3) is 10.6 Å². The number of ether oxygens (including phenoxy) is 1. The number of nitrogens with zero attached hydrogens (tertiary/aromatic N) is 2. The first-order valence-electron chi connectivity index (χ1n) is 8.42. The number of benzene rings is 1. The zero-order valence-electron chi connectivity index (χ0n) is 14.6. The van der Waals surface area contributed by atoms with Gasteiger partial charge in [0.05, 0.1) is 23.5 Å². The molecule has 3 aromatic rings. The Labute approximate surface area is 168 Å². The van der Waals surface area contributed by atoms with Gasteiger partial charge >= 0.3 is 5.97 Å². The Morgan fingerprint density at radius 3 is 2.89 bits per heavy atom. The Hall–Kier alpha value is -3.04. The highest BCUT2D eigenvalue weighted by Crippen LogP contribution is 2.29. The number of carbonyl (C=O) groups is 3. The molecule has 3 heterocycles. The quantitative estimate of drug-likeness (QED) is 0.650. The number of carbonyl (C=O) groups excluding carboxylic acids is 3. The standard InChI is InChI=1S/C19H15N3O4S2/c23-16-8-22(15-4-2-1-3-14(15)21-16)17(24)9-26-18(25)7-13-11-28-19(20-13)12-5-6-27-10-12/h1-6,10-11H,7-9H2,(H,21,23). The predicted octanol–water partition coefficient (Wildman–Crippen LogP) is 2.94. The molecule has 1 N–H and O–H groups in total. The Bertz CT molecular complexity index is 1030. The van der Waals surface area contributed by atoms with Crippen LogP contribution < -0.4 is 10.2 Å². The molecule has 2 aromatic heterocycles. The van der Waals surface area contributed by atoms with Crippen LogP contribution in [0.5, 0.6) is 0 Å². The summed E-state index contributed by atoms with van der Waals surface area (Å²) in [6, 6.07) is 8.96. The van der Waals surface area contributed by atoms with E-state index in [0.29, 0.717) is 17.1 Å². The first kappa shape index (κ1) is 18.3. The molecule has 0 saturated heterocycles. The summed E-state index contributed by atoms with van der Waals surface area (Å²) in [6.45, 7) is -0.536. The maximum absolute atomic E-state index is 12.5. The summed E-state index contributed by atoms with van der Waals surface area (Å²) < 4.78 is 5.12. The number of fused-ring (bicyclic) bond motifs is 1. The lowest BCUT2D eigenvalue weighted by Gasteiger charge is -2.28. The zero-order valence-corrected chi connectivity index (χ0v) is 16.2. The molecule has 1 aliphatic heterocycles. The number of thiazole rings is 1. The number of amides is 2. The summed E-state index contributed by atoms with van der Waals surface area (Å²) in [4.78, 5) is 42.1.